The molecule has 0 aromatic rings. The summed E-state index contributed by atoms with van der Waals surface area (Å²) >= 11 is 0. The van der Waals surface area contributed by atoms with E-state index >= 15 is 0 Å². The molecule has 1 heterocycles. The van der Waals surface area contributed by atoms with Crippen molar-refractivity contribution in [3.05, 3.63) is 0 Å². The van der Waals surface area contributed by atoms with Gasteiger partial charge in [-0.05, 0) is 6.92 Å². The van der Waals surface area contributed by atoms with Gasteiger partial charge in [-0.15, -0.1) is 0 Å². The second-order valence-electron chi connectivity index (χ2n) is 3.52. The molecule has 1 amide bonds. The summed E-state index contributed by atoms with van der Waals surface area (Å²) in [6.45, 7) is 2.21. The number of methoxy groups -OCH3 is 1. The molecular formula is C9H15NO4. The standard InChI is InChI=1S/C9H15NO4/c1-7(11)9(14-2)3-5-10(6-4-9)8(12)13/h3-6H2,1-2H3,(H,12,13). The van der Waals surface area contributed by atoms with Crippen LogP contribution in [0.15, 0.2) is 0 Å². The Bertz CT molecular complexity index is 243. The van der Waals surface area contributed by atoms with Gasteiger partial charge >= 0.3 is 6.09 Å². The summed E-state index contributed by atoms with van der Waals surface area (Å²) in [5, 5.41) is 8.72. The zero-order chi connectivity index (χ0) is 10.8. The van der Waals surface area contributed by atoms with Crippen LogP contribution in [0, 0.1) is 0 Å². The van der Waals surface area contributed by atoms with E-state index in [9.17, 15) is 9.59 Å². The van der Waals surface area contributed by atoms with E-state index in [1.54, 1.807) is 0 Å². The maximum atomic E-state index is 11.3. The second-order valence-corrected chi connectivity index (χ2v) is 3.52. The summed E-state index contributed by atoms with van der Waals surface area (Å²) in [7, 11) is 1.50. The number of Topliss-reactive ketones (excluding diaryl/α,β-unsaturated/α-hetero) is 1. The molecule has 5 heteroatoms. The topological polar surface area (TPSA) is 66.8 Å². The lowest BCUT2D eigenvalue weighted by molar-refractivity contribution is -0.144. The highest BCUT2D eigenvalue weighted by Gasteiger charge is 2.39. The Hall–Kier alpha value is -1.10. The molecule has 0 bridgehead atoms. The molecule has 0 saturated carbocycles. The number of hydrogen-bond acceptors (Lipinski definition) is 3. The Labute approximate surface area is 82.6 Å². The van der Waals surface area contributed by atoms with Crippen LogP contribution in [0.1, 0.15) is 19.8 Å². The molecule has 0 aromatic heterocycles. The van der Waals surface area contributed by atoms with E-state index in [2.05, 4.69) is 0 Å². The normalized spacial score (nSPS) is 20.6. The summed E-state index contributed by atoms with van der Waals surface area (Å²) in [5.74, 6) is -0.0231. The van der Waals surface area contributed by atoms with Crippen molar-refractivity contribution in [1.82, 2.24) is 4.90 Å². The third-order valence-corrected chi connectivity index (χ3v) is 2.87. The van der Waals surface area contributed by atoms with Crippen LogP contribution in [0.25, 0.3) is 0 Å². The van der Waals surface area contributed by atoms with Gasteiger partial charge in [-0.3, -0.25) is 4.79 Å². The van der Waals surface area contributed by atoms with Gasteiger partial charge in [0.1, 0.15) is 5.60 Å². The number of carbonyl (C=O) groups excluding carboxylic acids is 1. The Morgan fingerprint density at radius 1 is 1.36 bits per heavy atom. The number of ether oxygens (including phenoxy) is 1. The fraction of sp³-hybridized carbons (Fsp3) is 0.778. The van der Waals surface area contributed by atoms with E-state index in [0.29, 0.717) is 25.9 Å². The van der Waals surface area contributed by atoms with Gasteiger partial charge in [0.2, 0.25) is 0 Å². The minimum atomic E-state index is -0.932. The predicted molar refractivity (Wildman–Crippen MR) is 49.3 cm³/mol. The molecule has 0 aromatic carbocycles. The first-order chi connectivity index (χ1) is 6.52. The van der Waals surface area contributed by atoms with Gasteiger partial charge in [-0.2, -0.15) is 0 Å². The molecule has 1 N–H and O–H groups in total. The van der Waals surface area contributed by atoms with Gasteiger partial charge in [0.15, 0.2) is 5.78 Å². The third-order valence-electron chi connectivity index (χ3n) is 2.87. The van der Waals surface area contributed by atoms with Crippen molar-refractivity contribution < 1.29 is 19.4 Å². The second kappa shape index (κ2) is 3.96. The summed E-state index contributed by atoms with van der Waals surface area (Å²) < 4.78 is 5.20. The third kappa shape index (κ3) is 1.87. The fourth-order valence-corrected chi connectivity index (χ4v) is 1.76. The highest BCUT2D eigenvalue weighted by molar-refractivity contribution is 5.85. The Morgan fingerprint density at radius 2 is 1.86 bits per heavy atom. The van der Waals surface area contributed by atoms with Gasteiger partial charge in [-0.1, -0.05) is 0 Å². The molecule has 1 aliphatic rings. The van der Waals surface area contributed by atoms with Crippen molar-refractivity contribution in [3.8, 4) is 0 Å². The molecule has 1 aliphatic heterocycles. The average Bonchev–Trinajstić information content (AvgIpc) is 2.17. The predicted octanol–water partition coefficient (Wildman–Crippen LogP) is 0.734. The van der Waals surface area contributed by atoms with Crippen LogP contribution in [0.4, 0.5) is 4.79 Å². The van der Waals surface area contributed by atoms with Gasteiger partial charge in [0, 0.05) is 33.0 Å². The van der Waals surface area contributed by atoms with Gasteiger partial charge in [0.25, 0.3) is 0 Å². The number of ketones is 1. The van der Waals surface area contributed by atoms with E-state index in [1.165, 1.54) is 18.9 Å². The lowest BCUT2D eigenvalue weighted by Crippen LogP contribution is -2.51. The van der Waals surface area contributed by atoms with E-state index in [-0.39, 0.29) is 5.78 Å². The molecule has 1 rings (SSSR count). The zero-order valence-electron chi connectivity index (χ0n) is 8.45. The van der Waals surface area contributed by atoms with Crippen LogP contribution < -0.4 is 0 Å². The van der Waals surface area contributed by atoms with Crippen molar-refractivity contribution >= 4 is 11.9 Å². The molecule has 0 atom stereocenters. The van der Waals surface area contributed by atoms with Crippen molar-refractivity contribution in [2.24, 2.45) is 0 Å². The Kier molecular flexibility index (Phi) is 3.10. The van der Waals surface area contributed by atoms with E-state index in [0.717, 1.165) is 0 Å². The van der Waals surface area contributed by atoms with Crippen LogP contribution in [-0.4, -0.2) is 47.7 Å². The van der Waals surface area contributed by atoms with Crippen molar-refractivity contribution in [2.75, 3.05) is 20.2 Å². The summed E-state index contributed by atoms with van der Waals surface area (Å²) in [5.41, 5.74) is -0.758. The quantitative estimate of drug-likeness (QED) is 0.715. The fourth-order valence-electron chi connectivity index (χ4n) is 1.76. The van der Waals surface area contributed by atoms with Crippen molar-refractivity contribution in [3.63, 3.8) is 0 Å². The smallest absolute Gasteiger partial charge is 0.407 e. The monoisotopic (exact) mass is 201 g/mol. The van der Waals surface area contributed by atoms with E-state index in [4.69, 9.17) is 9.84 Å². The zero-order valence-corrected chi connectivity index (χ0v) is 8.45. The highest BCUT2D eigenvalue weighted by Crippen LogP contribution is 2.26. The minimum Gasteiger partial charge on any atom is -0.465 e. The van der Waals surface area contributed by atoms with Crippen molar-refractivity contribution in [1.29, 1.82) is 0 Å². The van der Waals surface area contributed by atoms with Gasteiger partial charge in [-0.25, -0.2) is 4.79 Å². The number of hydrogen-bond donors (Lipinski definition) is 1. The number of piperidine rings is 1. The molecule has 0 spiro atoms. The molecular weight excluding hydrogens is 186 g/mol. The van der Waals surface area contributed by atoms with Crippen molar-refractivity contribution in [2.45, 2.75) is 25.4 Å². The summed E-state index contributed by atoms with van der Waals surface area (Å²) in [6.07, 6.45) is -0.0331. The molecule has 80 valence electrons. The number of amides is 1. The summed E-state index contributed by atoms with van der Waals surface area (Å²) in [6, 6.07) is 0. The number of nitrogens with zero attached hydrogens (tertiary/aromatic N) is 1. The van der Waals surface area contributed by atoms with Gasteiger partial charge < -0.3 is 14.7 Å². The Morgan fingerprint density at radius 3 is 2.14 bits per heavy atom. The molecule has 0 unspecified atom stereocenters. The number of carboxylic acid groups (broad SMARTS) is 1. The maximum Gasteiger partial charge on any atom is 0.407 e. The van der Waals surface area contributed by atoms with Gasteiger partial charge in [0.05, 0.1) is 0 Å². The molecule has 1 saturated heterocycles. The average molecular weight is 201 g/mol. The number of likely N-dealkylation sites (tertiary alicyclic amines) is 1. The first-order valence-corrected chi connectivity index (χ1v) is 4.56. The van der Waals surface area contributed by atoms with Crippen LogP contribution in [0.5, 0.6) is 0 Å². The lowest BCUT2D eigenvalue weighted by Gasteiger charge is -2.37. The Balaban J connectivity index is 2.64. The van der Waals surface area contributed by atoms with Crippen LogP contribution in [-0.2, 0) is 9.53 Å². The van der Waals surface area contributed by atoms with Crippen LogP contribution in [0.2, 0.25) is 0 Å². The molecule has 0 radical (unpaired) electrons. The van der Waals surface area contributed by atoms with E-state index < -0.39 is 11.7 Å². The molecule has 0 aliphatic carbocycles. The van der Waals surface area contributed by atoms with Crippen LogP contribution in [0.3, 0.4) is 0 Å². The molecule has 14 heavy (non-hydrogen) atoms. The first-order valence-electron chi connectivity index (χ1n) is 4.56. The highest BCUT2D eigenvalue weighted by atomic mass is 16.5. The largest absolute Gasteiger partial charge is 0.465 e. The lowest BCUT2D eigenvalue weighted by atomic mass is 9.88. The minimum absolute atomic E-state index is 0.0231. The number of rotatable bonds is 2. The van der Waals surface area contributed by atoms with E-state index in [1.807, 2.05) is 0 Å². The SMILES string of the molecule is COC1(C(C)=O)CCN(C(=O)O)CC1. The maximum absolute atomic E-state index is 11.3. The first kappa shape index (κ1) is 11.0. The summed E-state index contributed by atoms with van der Waals surface area (Å²) in [4.78, 5) is 23.3. The molecule has 5 nitrogen and oxygen atoms in total. The molecule has 1 fully saturated rings. The van der Waals surface area contributed by atoms with Crippen LogP contribution >= 0.6 is 0 Å². The number of carbonyl (C=O) groups is 2.